The Morgan fingerprint density at radius 3 is 2.44 bits per heavy atom. The van der Waals surface area contributed by atoms with Gasteiger partial charge in [0.15, 0.2) is 0 Å². The fourth-order valence-corrected chi connectivity index (χ4v) is 3.37. The molecule has 0 saturated heterocycles. The molecule has 0 spiro atoms. The van der Waals surface area contributed by atoms with Crippen LogP contribution in [0.2, 0.25) is 0 Å². The standard InChI is InChI=1S/C19H27NO5/c1-12-9-14(24-2)10-17(25-3)15(12)11-16(19(22)23)20-18(21)13-7-5-4-6-8-13/h9-10,13,16H,4-8,11H2,1-3H3,(H,20,21)(H,22,23). The van der Waals surface area contributed by atoms with Crippen molar-refractivity contribution in [2.24, 2.45) is 5.92 Å². The molecule has 0 heterocycles. The summed E-state index contributed by atoms with van der Waals surface area (Å²) in [6.07, 6.45) is 5.05. The second kappa shape index (κ2) is 8.74. The number of hydrogen-bond donors (Lipinski definition) is 2. The van der Waals surface area contributed by atoms with E-state index in [-0.39, 0.29) is 18.2 Å². The van der Waals surface area contributed by atoms with Gasteiger partial charge in [-0.1, -0.05) is 19.3 Å². The van der Waals surface area contributed by atoms with Crippen LogP contribution in [0.15, 0.2) is 12.1 Å². The van der Waals surface area contributed by atoms with Gasteiger partial charge in [-0.25, -0.2) is 4.79 Å². The zero-order valence-corrected chi connectivity index (χ0v) is 15.1. The zero-order valence-electron chi connectivity index (χ0n) is 15.1. The van der Waals surface area contributed by atoms with E-state index in [1.165, 1.54) is 7.11 Å². The molecular formula is C19H27NO5. The molecule has 1 amide bonds. The highest BCUT2D eigenvalue weighted by Gasteiger charge is 2.28. The van der Waals surface area contributed by atoms with Crippen molar-refractivity contribution < 1.29 is 24.2 Å². The maximum absolute atomic E-state index is 12.4. The highest BCUT2D eigenvalue weighted by atomic mass is 16.5. The molecule has 6 nitrogen and oxygen atoms in total. The lowest BCUT2D eigenvalue weighted by Crippen LogP contribution is -2.45. The summed E-state index contributed by atoms with van der Waals surface area (Å²) in [7, 11) is 3.10. The first-order valence-corrected chi connectivity index (χ1v) is 8.71. The Morgan fingerprint density at radius 2 is 1.88 bits per heavy atom. The van der Waals surface area contributed by atoms with Gasteiger partial charge >= 0.3 is 5.97 Å². The number of carbonyl (C=O) groups excluding carboxylic acids is 1. The van der Waals surface area contributed by atoms with E-state index in [9.17, 15) is 14.7 Å². The van der Waals surface area contributed by atoms with Gasteiger partial charge in [0.05, 0.1) is 14.2 Å². The van der Waals surface area contributed by atoms with E-state index in [0.29, 0.717) is 11.5 Å². The minimum Gasteiger partial charge on any atom is -0.497 e. The van der Waals surface area contributed by atoms with Crippen molar-refractivity contribution in [3.05, 3.63) is 23.3 Å². The molecular weight excluding hydrogens is 322 g/mol. The Bertz CT molecular complexity index is 622. The topological polar surface area (TPSA) is 84.9 Å². The van der Waals surface area contributed by atoms with Crippen molar-refractivity contribution in [2.75, 3.05) is 14.2 Å². The predicted molar refractivity (Wildman–Crippen MR) is 94.1 cm³/mol. The number of rotatable bonds is 7. The molecule has 6 heteroatoms. The molecule has 1 fully saturated rings. The highest BCUT2D eigenvalue weighted by molar-refractivity contribution is 5.85. The number of nitrogens with one attached hydrogen (secondary N) is 1. The first-order chi connectivity index (χ1) is 12.0. The molecule has 0 bridgehead atoms. The summed E-state index contributed by atoms with van der Waals surface area (Å²) in [5.41, 5.74) is 1.63. The number of carboxylic acid groups (broad SMARTS) is 1. The summed E-state index contributed by atoms with van der Waals surface area (Å²) >= 11 is 0. The molecule has 2 N–H and O–H groups in total. The molecule has 138 valence electrons. The number of aryl methyl sites for hydroxylation is 1. The van der Waals surface area contributed by atoms with Gasteiger partial charge in [-0.2, -0.15) is 0 Å². The number of hydrogen-bond acceptors (Lipinski definition) is 4. The number of amides is 1. The first-order valence-electron chi connectivity index (χ1n) is 8.71. The largest absolute Gasteiger partial charge is 0.497 e. The number of ether oxygens (including phenoxy) is 2. The summed E-state index contributed by atoms with van der Waals surface area (Å²) in [6, 6.07) is 2.58. The van der Waals surface area contributed by atoms with Crippen molar-refractivity contribution >= 4 is 11.9 Å². The second-order valence-corrected chi connectivity index (χ2v) is 6.56. The Kier molecular flexibility index (Phi) is 6.67. The minimum atomic E-state index is -1.04. The summed E-state index contributed by atoms with van der Waals surface area (Å²) < 4.78 is 10.6. The molecule has 1 unspecified atom stereocenters. The van der Waals surface area contributed by atoms with Crippen LogP contribution >= 0.6 is 0 Å². The molecule has 25 heavy (non-hydrogen) atoms. The van der Waals surface area contributed by atoms with E-state index in [1.54, 1.807) is 13.2 Å². The Morgan fingerprint density at radius 1 is 1.20 bits per heavy atom. The fourth-order valence-electron chi connectivity index (χ4n) is 3.37. The van der Waals surface area contributed by atoms with Crippen LogP contribution in [0, 0.1) is 12.8 Å². The van der Waals surface area contributed by atoms with Gasteiger partial charge in [0, 0.05) is 18.4 Å². The zero-order chi connectivity index (χ0) is 18.4. The third kappa shape index (κ3) is 4.87. The number of benzene rings is 1. The van der Waals surface area contributed by atoms with Crippen LogP contribution in [0.4, 0.5) is 0 Å². The van der Waals surface area contributed by atoms with Gasteiger partial charge in [-0.3, -0.25) is 4.79 Å². The van der Waals surface area contributed by atoms with E-state index in [0.717, 1.165) is 43.2 Å². The number of methoxy groups -OCH3 is 2. The van der Waals surface area contributed by atoms with Crippen molar-refractivity contribution in [1.29, 1.82) is 0 Å². The third-order valence-electron chi connectivity index (χ3n) is 4.86. The smallest absolute Gasteiger partial charge is 0.326 e. The van der Waals surface area contributed by atoms with Crippen LogP contribution in [0.3, 0.4) is 0 Å². The molecule has 1 aromatic carbocycles. The fraction of sp³-hybridized carbons (Fsp3) is 0.579. The van der Waals surface area contributed by atoms with Crippen LogP contribution in [0.5, 0.6) is 11.5 Å². The normalized spacial score (nSPS) is 16.1. The van der Waals surface area contributed by atoms with Crippen molar-refractivity contribution in [2.45, 2.75) is 51.5 Å². The van der Waals surface area contributed by atoms with E-state index in [4.69, 9.17) is 9.47 Å². The summed E-state index contributed by atoms with van der Waals surface area (Å²) in [5, 5.41) is 12.3. The molecule has 0 radical (unpaired) electrons. The average Bonchev–Trinajstić information content (AvgIpc) is 2.62. The SMILES string of the molecule is COc1cc(C)c(CC(NC(=O)C2CCCCC2)C(=O)O)c(OC)c1. The molecule has 1 aliphatic rings. The summed E-state index contributed by atoms with van der Waals surface area (Å²) in [6.45, 7) is 1.88. The molecule has 1 aliphatic carbocycles. The van der Waals surface area contributed by atoms with Crippen LogP contribution in [-0.4, -0.2) is 37.2 Å². The number of carbonyl (C=O) groups is 2. The number of carboxylic acids is 1. The van der Waals surface area contributed by atoms with Gasteiger partial charge in [0.25, 0.3) is 0 Å². The predicted octanol–water partition coefficient (Wildman–Crippen LogP) is 2.70. The summed E-state index contributed by atoms with van der Waals surface area (Å²) in [4.78, 5) is 24.1. The van der Waals surface area contributed by atoms with Gasteiger partial charge in [0.2, 0.25) is 5.91 Å². The van der Waals surface area contributed by atoms with Crippen molar-refractivity contribution in [3.63, 3.8) is 0 Å². The first kappa shape index (κ1) is 19.1. The van der Waals surface area contributed by atoms with Gasteiger partial charge in [-0.15, -0.1) is 0 Å². The summed E-state index contributed by atoms with van der Waals surface area (Å²) in [5.74, 6) is -0.0562. The van der Waals surface area contributed by atoms with Crippen LogP contribution in [-0.2, 0) is 16.0 Å². The quantitative estimate of drug-likeness (QED) is 0.790. The van der Waals surface area contributed by atoms with E-state index in [1.807, 2.05) is 13.0 Å². The lowest BCUT2D eigenvalue weighted by molar-refractivity contribution is -0.142. The Labute approximate surface area is 148 Å². The second-order valence-electron chi connectivity index (χ2n) is 6.56. The van der Waals surface area contributed by atoms with E-state index < -0.39 is 12.0 Å². The lowest BCUT2D eigenvalue weighted by Gasteiger charge is -2.24. The highest BCUT2D eigenvalue weighted by Crippen LogP contribution is 2.30. The Hall–Kier alpha value is -2.24. The van der Waals surface area contributed by atoms with Crippen LogP contribution < -0.4 is 14.8 Å². The monoisotopic (exact) mass is 349 g/mol. The van der Waals surface area contributed by atoms with Gasteiger partial charge in [0.1, 0.15) is 17.5 Å². The van der Waals surface area contributed by atoms with Crippen LogP contribution in [0.25, 0.3) is 0 Å². The molecule has 2 rings (SSSR count). The van der Waals surface area contributed by atoms with E-state index in [2.05, 4.69) is 5.32 Å². The van der Waals surface area contributed by atoms with Gasteiger partial charge in [-0.05, 0) is 37.0 Å². The molecule has 1 saturated carbocycles. The molecule has 0 aromatic heterocycles. The number of aliphatic carboxylic acids is 1. The molecule has 1 atom stereocenters. The lowest BCUT2D eigenvalue weighted by atomic mass is 9.88. The third-order valence-corrected chi connectivity index (χ3v) is 4.86. The van der Waals surface area contributed by atoms with Crippen molar-refractivity contribution in [3.8, 4) is 11.5 Å². The molecule has 1 aromatic rings. The minimum absolute atomic E-state index is 0.0746. The van der Waals surface area contributed by atoms with Crippen LogP contribution in [0.1, 0.15) is 43.2 Å². The maximum atomic E-state index is 12.4. The maximum Gasteiger partial charge on any atom is 0.326 e. The van der Waals surface area contributed by atoms with Gasteiger partial charge < -0.3 is 19.9 Å². The Balaban J connectivity index is 2.16. The average molecular weight is 349 g/mol. The van der Waals surface area contributed by atoms with Crippen molar-refractivity contribution in [1.82, 2.24) is 5.32 Å². The van der Waals surface area contributed by atoms with E-state index >= 15 is 0 Å². The molecule has 0 aliphatic heterocycles.